The standard InChI is InChI=1S/C78H139N21O30/c1-5-18-93(52(105)29-86-17-11-23-98-30-39(89-91-98)13-9-15-50(103)87-27-45-61(112)65(116)67(118)77(122-45)128-73-43(81)25-41(79)71(69(73)120)126-75-63(114)57(84)59(110)47(37-100)124-75)33-53(106)94(19-6-2)34-54(107)95(20-7-3)35-55(108)96(21-8-4)36-56(109)97(32-49(83)102)22-12-24-99-31-40(90-92-99)14-10-16-51(104)88-28-46-62(113)66(117)68(119)78(123-46)129-74-44(82)26-42(80)72(70(74)121)127-76-64(115)58(85)60(111)48(38-101)125-76/h30-31,41-48,57-78,86,100-101,110-121H,5-29,32-38,79-82,84-85H2,1-4H3,(H2,83,102)(H,87,103)(H,88,104)/t41-,42-,43+,44+,45-,46+,47-,48-,57+,58+,59-,60-,61-,62+,63-,64-,65+,66-,67-,68+,69-,70-,71+,72+,73-,74-,75-,76-,77-,78+/m0/s1. The third-order valence-electron chi connectivity index (χ3n) is 23.6. The van der Waals surface area contributed by atoms with Gasteiger partial charge in [-0.1, -0.05) is 38.1 Å². The van der Waals surface area contributed by atoms with Crippen LogP contribution in [-0.4, -0.2) is 462 Å². The summed E-state index contributed by atoms with van der Waals surface area (Å²) < 4.78 is 49.3. The van der Waals surface area contributed by atoms with Gasteiger partial charge in [0.1, 0.15) is 122 Å². The third-order valence-corrected chi connectivity index (χ3v) is 23.6. The molecule has 6 heterocycles. The number of nitrogens with zero attached hydrogens (tertiary/aromatic N) is 11. The zero-order chi connectivity index (χ0) is 94.8. The number of aliphatic hydroxyl groups excluding tert-OH is 14. The van der Waals surface area contributed by atoms with Crippen molar-refractivity contribution in [3.05, 3.63) is 23.8 Å². The topological polar surface area (TPSA) is 789 Å². The van der Waals surface area contributed by atoms with Gasteiger partial charge < -0.3 is 190 Å². The SMILES string of the molecule is CCCN(CC(=O)N(CCC)CC(=O)N(CCC)CC(=O)N(CCC)CC(=O)N(CCCn1cc(CCCC(=O)NC[C@H]2O[C@H](O[C@@H]3[C@@H](O)[C@H](O[C@@H]4O[C@@H](CO)[C@H](O)[C@@H](N)[C@@H]4O)[C@@H](N)C[C@H]3N)[C@H](O)[C@@H](O)[C@@H]2O)nn1)CC(N)=O)C(=O)CNCCCn1cc(CCCC(=O)NC[C@@H]2O[C@@H](O[C@@H]3[C@@H](O)[C@H](O[C@@H]4O[C@@H](CO)[C@H](O)[C@@H](N)[C@@H]4O)[C@@H](N)C[C@H]3N)[C@@H](O)[C@H](O)[C@H]2O)nn1. The van der Waals surface area contributed by atoms with Crippen molar-refractivity contribution >= 4 is 47.3 Å². The Bertz CT molecular complexity index is 3800. The molecule has 8 amide bonds. The normalized spacial score (nSPS) is 33.1. The van der Waals surface area contributed by atoms with Crippen molar-refractivity contribution < 1.29 is 148 Å². The molecule has 30 atom stereocenters. The van der Waals surface area contributed by atoms with Crippen LogP contribution in [0, 0.1) is 0 Å². The van der Waals surface area contributed by atoms with Gasteiger partial charge in [-0.05, 0) is 83.6 Å². The molecule has 736 valence electrons. The number of nitrogens with two attached hydrogens (primary N) is 7. The second kappa shape index (κ2) is 51.9. The zero-order valence-electron chi connectivity index (χ0n) is 73.4. The molecular formula is C78H139N21O30. The highest BCUT2D eigenvalue weighted by molar-refractivity contribution is 5.92. The van der Waals surface area contributed by atoms with Crippen molar-refractivity contribution in [3.63, 3.8) is 0 Å². The lowest BCUT2D eigenvalue weighted by Gasteiger charge is -2.48. The summed E-state index contributed by atoms with van der Waals surface area (Å²) in [6.45, 7) is 4.71. The van der Waals surface area contributed by atoms with Crippen LogP contribution in [-0.2, 0) is 102 Å². The molecule has 0 spiro atoms. The van der Waals surface area contributed by atoms with Crippen LogP contribution >= 0.6 is 0 Å². The molecule has 6 fully saturated rings. The summed E-state index contributed by atoms with van der Waals surface area (Å²) in [6, 6.07) is -6.52. The van der Waals surface area contributed by atoms with Crippen molar-refractivity contribution in [2.24, 2.45) is 40.1 Å². The predicted octanol–water partition coefficient (Wildman–Crippen LogP) is -14.4. The van der Waals surface area contributed by atoms with Gasteiger partial charge >= 0.3 is 0 Å². The molecule has 4 saturated heterocycles. The van der Waals surface area contributed by atoms with E-state index in [2.05, 4.69) is 36.6 Å². The van der Waals surface area contributed by atoms with E-state index in [-0.39, 0.29) is 116 Å². The minimum Gasteiger partial charge on any atom is -0.394 e. The molecule has 51 heteroatoms. The maximum Gasteiger partial charge on any atom is 0.242 e. The average molecular weight is 1850 g/mol. The number of nitrogens with one attached hydrogen (secondary N) is 3. The van der Waals surface area contributed by atoms with E-state index >= 15 is 0 Å². The number of aliphatic hydroxyl groups is 14. The second-order valence-electron chi connectivity index (χ2n) is 33.8. The number of amides is 8. The van der Waals surface area contributed by atoms with E-state index < -0.39 is 264 Å². The van der Waals surface area contributed by atoms with Crippen LogP contribution in [0.1, 0.15) is 116 Å². The Labute approximate surface area is 745 Å². The Morgan fingerprint density at radius 2 is 0.736 bits per heavy atom. The fourth-order valence-electron chi connectivity index (χ4n) is 16.2. The Morgan fingerprint density at radius 1 is 0.411 bits per heavy atom. The van der Waals surface area contributed by atoms with Crippen LogP contribution in [0.3, 0.4) is 0 Å². The van der Waals surface area contributed by atoms with E-state index in [0.29, 0.717) is 69.4 Å². The number of carbonyl (C=O) groups is 8. The van der Waals surface area contributed by atoms with E-state index in [1.807, 2.05) is 20.8 Å². The molecule has 0 radical (unpaired) electrons. The van der Waals surface area contributed by atoms with Gasteiger partial charge in [-0.2, -0.15) is 0 Å². The van der Waals surface area contributed by atoms with Gasteiger partial charge in [0.2, 0.25) is 47.3 Å². The minimum absolute atomic E-state index is 0.00215. The molecule has 6 aliphatic rings. The summed E-state index contributed by atoms with van der Waals surface area (Å²) in [4.78, 5) is 115. The van der Waals surface area contributed by atoms with Crippen molar-refractivity contribution in [1.82, 2.24) is 70.4 Å². The highest BCUT2D eigenvalue weighted by Crippen LogP contribution is 2.35. The number of hydrogen-bond donors (Lipinski definition) is 24. The number of aryl methyl sites for hydroxylation is 4. The van der Waals surface area contributed by atoms with Crippen LogP contribution in [0.25, 0.3) is 0 Å². The lowest BCUT2D eigenvalue weighted by Crippen LogP contribution is -2.68. The van der Waals surface area contributed by atoms with Crippen molar-refractivity contribution in [2.75, 3.05) is 105 Å². The van der Waals surface area contributed by atoms with E-state index in [4.69, 9.17) is 78.0 Å². The van der Waals surface area contributed by atoms with Gasteiger partial charge in [-0.15, -0.1) is 10.2 Å². The predicted molar refractivity (Wildman–Crippen MR) is 445 cm³/mol. The monoisotopic (exact) mass is 1850 g/mol. The molecule has 2 aromatic rings. The molecule has 129 heavy (non-hydrogen) atoms. The lowest BCUT2D eigenvalue weighted by molar-refractivity contribution is -0.332. The molecule has 2 aliphatic carbocycles. The lowest BCUT2D eigenvalue weighted by atomic mass is 9.84. The van der Waals surface area contributed by atoms with Crippen LogP contribution in [0.5, 0.6) is 0 Å². The highest BCUT2D eigenvalue weighted by atomic mass is 16.7. The molecule has 2 saturated carbocycles. The van der Waals surface area contributed by atoms with Gasteiger partial charge in [-0.3, -0.25) is 47.7 Å². The first-order valence-corrected chi connectivity index (χ1v) is 44.2. The third kappa shape index (κ3) is 29.9. The summed E-state index contributed by atoms with van der Waals surface area (Å²) in [6.07, 6.45) is -30.3. The Kier molecular flexibility index (Phi) is 43.2. The van der Waals surface area contributed by atoms with Crippen molar-refractivity contribution in [1.29, 1.82) is 0 Å². The quantitative estimate of drug-likeness (QED) is 0.0274. The first-order valence-electron chi connectivity index (χ1n) is 44.2. The molecule has 0 aromatic carbocycles. The van der Waals surface area contributed by atoms with Gasteiger partial charge in [0.05, 0.1) is 76.0 Å². The Morgan fingerprint density at radius 3 is 1.08 bits per heavy atom. The number of carbonyl (C=O) groups excluding carboxylic acids is 8. The number of ether oxygens (including phenoxy) is 8. The largest absolute Gasteiger partial charge is 0.394 e. The van der Waals surface area contributed by atoms with Crippen LogP contribution in [0.15, 0.2) is 12.4 Å². The summed E-state index contributed by atoms with van der Waals surface area (Å²) in [5, 5.41) is 174. The number of aromatic nitrogens is 6. The zero-order valence-corrected chi connectivity index (χ0v) is 73.4. The first-order chi connectivity index (χ1) is 61.4. The van der Waals surface area contributed by atoms with E-state index in [9.17, 15) is 110 Å². The summed E-state index contributed by atoms with van der Waals surface area (Å²) >= 11 is 0. The van der Waals surface area contributed by atoms with Crippen molar-refractivity contribution in [2.45, 2.75) is 314 Å². The molecule has 51 nitrogen and oxygen atoms in total. The number of rotatable bonds is 50. The van der Waals surface area contributed by atoms with E-state index in [1.54, 1.807) is 24.0 Å². The second-order valence-corrected chi connectivity index (χ2v) is 33.8. The van der Waals surface area contributed by atoms with Crippen LogP contribution < -0.4 is 56.1 Å². The molecule has 0 bridgehead atoms. The van der Waals surface area contributed by atoms with Gasteiger partial charge in [0.25, 0.3) is 0 Å². The number of primary amides is 1. The molecule has 31 N–H and O–H groups in total. The van der Waals surface area contributed by atoms with Gasteiger partial charge in [0, 0.05) is 108 Å². The Hall–Kier alpha value is -7.12. The van der Waals surface area contributed by atoms with Crippen LogP contribution in [0.4, 0.5) is 0 Å². The van der Waals surface area contributed by atoms with Gasteiger partial charge in [0.15, 0.2) is 25.2 Å². The summed E-state index contributed by atoms with van der Waals surface area (Å²) in [5.74, 6) is -4.28. The molecule has 4 aliphatic heterocycles. The molecule has 2 aromatic heterocycles. The van der Waals surface area contributed by atoms with Gasteiger partial charge in [-0.25, -0.2) is 0 Å². The molecule has 8 rings (SSSR count). The highest BCUT2D eigenvalue weighted by Gasteiger charge is 2.55. The summed E-state index contributed by atoms with van der Waals surface area (Å²) in [5.41, 5.74) is 43.7. The first kappa shape index (κ1) is 107. The summed E-state index contributed by atoms with van der Waals surface area (Å²) in [7, 11) is 0. The van der Waals surface area contributed by atoms with Crippen molar-refractivity contribution in [3.8, 4) is 0 Å². The van der Waals surface area contributed by atoms with Crippen LogP contribution in [0.2, 0.25) is 0 Å². The molecule has 0 unspecified atom stereocenters. The minimum atomic E-state index is -1.87. The number of hydrogen-bond acceptors (Lipinski definition) is 41. The fraction of sp³-hybridized carbons (Fsp3) is 0.846. The average Bonchev–Trinajstić information content (AvgIpc) is 0.949. The fourth-order valence-corrected chi connectivity index (χ4v) is 16.2. The van der Waals surface area contributed by atoms with E-state index in [1.165, 1.54) is 29.2 Å². The maximum atomic E-state index is 14.2. The smallest absolute Gasteiger partial charge is 0.242 e. The molecular weight excluding hydrogens is 1710 g/mol. The maximum absolute atomic E-state index is 14.2. The van der Waals surface area contributed by atoms with E-state index in [0.717, 1.165) is 0 Å². The Balaban J connectivity index is 0.713.